The number of nitrogens with zero attached hydrogens (tertiary/aromatic N) is 3. The smallest absolute Gasteiger partial charge is 0.321 e. The minimum absolute atomic E-state index is 0.196. The predicted molar refractivity (Wildman–Crippen MR) is 82.2 cm³/mol. The molecule has 0 saturated heterocycles. The van der Waals surface area contributed by atoms with Crippen LogP contribution in [0, 0.1) is 0 Å². The van der Waals surface area contributed by atoms with Gasteiger partial charge in [-0.15, -0.1) is 0 Å². The Morgan fingerprint density at radius 2 is 2.18 bits per heavy atom. The minimum Gasteiger partial charge on any atom is -0.334 e. The molecule has 0 unspecified atom stereocenters. The lowest BCUT2D eigenvalue weighted by atomic mass is 9.77. The number of nitrogens with one attached hydrogen (secondary N) is 1. The van der Waals surface area contributed by atoms with E-state index in [9.17, 15) is 4.79 Å². The maximum Gasteiger partial charge on any atom is 0.321 e. The van der Waals surface area contributed by atoms with E-state index in [2.05, 4.69) is 15.5 Å². The SMILES string of the molecule is CN(C)C(=O)Nc1cccc(-c2nc(C3(N)CCC3)no2)c1. The number of aromatic nitrogens is 2. The molecule has 1 aliphatic carbocycles. The number of hydrogen-bond donors (Lipinski definition) is 2. The highest BCUT2D eigenvalue weighted by atomic mass is 16.5. The van der Waals surface area contributed by atoms with E-state index in [1.54, 1.807) is 26.2 Å². The lowest BCUT2D eigenvalue weighted by molar-refractivity contribution is 0.229. The number of benzene rings is 1. The number of carbonyl (C=O) groups is 1. The van der Waals surface area contributed by atoms with Crippen LogP contribution >= 0.6 is 0 Å². The molecule has 0 bridgehead atoms. The van der Waals surface area contributed by atoms with Gasteiger partial charge in [0.15, 0.2) is 5.82 Å². The summed E-state index contributed by atoms with van der Waals surface area (Å²) in [5, 5.41) is 6.78. The molecule has 0 radical (unpaired) electrons. The average Bonchev–Trinajstić information content (AvgIpc) is 2.95. The van der Waals surface area contributed by atoms with Crippen molar-refractivity contribution in [1.82, 2.24) is 15.0 Å². The summed E-state index contributed by atoms with van der Waals surface area (Å²) in [6.07, 6.45) is 2.85. The Bertz CT molecular complexity index is 691. The number of carbonyl (C=O) groups excluding carboxylic acids is 1. The van der Waals surface area contributed by atoms with Crippen LogP contribution in [0.4, 0.5) is 10.5 Å². The Morgan fingerprint density at radius 3 is 2.82 bits per heavy atom. The monoisotopic (exact) mass is 301 g/mol. The summed E-state index contributed by atoms with van der Waals surface area (Å²) in [5.41, 5.74) is 7.17. The van der Waals surface area contributed by atoms with Crippen LogP contribution in [-0.4, -0.2) is 35.2 Å². The van der Waals surface area contributed by atoms with Gasteiger partial charge in [0.2, 0.25) is 0 Å². The van der Waals surface area contributed by atoms with Crippen LogP contribution in [0.25, 0.3) is 11.5 Å². The fraction of sp³-hybridized carbons (Fsp3) is 0.400. The van der Waals surface area contributed by atoms with Gasteiger partial charge in [0.1, 0.15) is 0 Å². The molecule has 1 heterocycles. The zero-order chi connectivity index (χ0) is 15.7. The van der Waals surface area contributed by atoms with Gasteiger partial charge in [-0.1, -0.05) is 11.2 Å². The molecule has 7 nitrogen and oxygen atoms in total. The zero-order valence-corrected chi connectivity index (χ0v) is 12.7. The number of amides is 2. The molecule has 2 amide bonds. The number of nitrogens with two attached hydrogens (primary N) is 1. The van der Waals surface area contributed by atoms with Crippen molar-refractivity contribution in [3.63, 3.8) is 0 Å². The number of rotatable bonds is 3. The van der Waals surface area contributed by atoms with Crippen LogP contribution in [0.5, 0.6) is 0 Å². The van der Waals surface area contributed by atoms with Gasteiger partial charge in [0.25, 0.3) is 5.89 Å². The first-order valence-electron chi connectivity index (χ1n) is 7.20. The van der Waals surface area contributed by atoms with E-state index >= 15 is 0 Å². The third-order valence-corrected chi connectivity index (χ3v) is 3.88. The molecule has 7 heteroatoms. The minimum atomic E-state index is -0.446. The molecule has 0 spiro atoms. The molecule has 1 saturated carbocycles. The molecule has 3 N–H and O–H groups in total. The van der Waals surface area contributed by atoms with Gasteiger partial charge < -0.3 is 20.5 Å². The van der Waals surface area contributed by atoms with Crippen molar-refractivity contribution < 1.29 is 9.32 Å². The zero-order valence-electron chi connectivity index (χ0n) is 12.7. The van der Waals surface area contributed by atoms with Gasteiger partial charge in [-0.2, -0.15) is 4.98 Å². The van der Waals surface area contributed by atoms with Crippen molar-refractivity contribution in [1.29, 1.82) is 0 Å². The molecule has 0 atom stereocenters. The molecule has 1 aliphatic rings. The summed E-state index contributed by atoms with van der Waals surface area (Å²) in [7, 11) is 3.37. The van der Waals surface area contributed by atoms with E-state index in [1.807, 2.05) is 12.1 Å². The van der Waals surface area contributed by atoms with Crippen LogP contribution in [-0.2, 0) is 5.54 Å². The van der Waals surface area contributed by atoms with Crippen LogP contribution in [0.3, 0.4) is 0 Å². The highest BCUT2D eigenvalue weighted by Gasteiger charge is 2.39. The first kappa shape index (κ1) is 14.5. The summed E-state index contributed by atoms with van der Waals surface area (Å²) in [5.74, 6) is 0.962. The number of hydrogen-bond acceptors (Lipinski definition) is 5. The van der Waals surface area contributed by atoms with Crippen LogP contribution in [0.2, 0.25) is 0 Å². The summed E-state index contributed by atoms with van der Waals surface area (Å²) in [6.45, 7) is 0. The molecular formula is C15H19N5O2. The van der Waals surface area contributed by atoms with Gasteiger partial charge in [-0.05, 0) is 37.5 Å². The van der Waals surface area contributed by atoms with Crippen LogP contribution in [0.1, 0.15) is 25.1 Å². The van der Waals surface area contributed by atoms with Crippen molar-refractivity contribution in [3.8, 4) is 11.5 Å². The molecule has 0 aliphatic heterocycles. The number of urea groups is 1. The van der Waals surface area contributed by atoms with E-state index < -0.39 is 5.54 Å². The maximum atomic E-state index is 11.7. The Hall–Kier alpha value is -2.41. The Balaban J connectivity index is 1.82. The standard InChI is InChI=1S/C15H19N5O2/c1-20(2)14(21)17-11-6-3-5-10(9-11)12-18-13(19-22-12)15(16)7-4-8-15/h3,5-6,9H,4,7-8,16H2,1-2H3,(H,17,21). The molecule has 3 rings (SSSR count). The summed E-state index contributed by atoms with van der Waals surface area (Å²) >= 11 is 0. The van der Waals surface area contributed by atoms with Gasteiger partial charge in [-0.3, -0.25) is 0 Å². The Kier molecular flexibility index (Phi) is 3.58. The lowest BCUT2D eigenvalue weighted by Gasteiger charge is -2.34. The normalized spacial score (nSPS) is 16.0. The summed E-state index contributed by atoms with van der Waals surface area (Å²) < 4.78 is 5.32. The predicted octanol–water partition coefficient (Wildman–Crippen LogP) is 2.17. The second kappa shape index (κ2) is 5.42. The van der Waals surface area contributed by atoms with E-state index in [0.29, 0.717) is 17.4 Å². The summed E-state index contributed by atoms with van der Waals surface area (Å²) in [6, 6.07) is 7.08. The van der Waals surface area contributed by atoms with Crippen LogP contribution in [0.15, 0.2) is 28.8 Å². The topological polar surface area (TPSA) is 97.3 Å². The first-order chi connectivity index (χ1) is 10.5. The molecular weight excluding hydrogens is 282 g/mol. The third-order valence-electron chi connectivity index (χ3n) is 3.88. The molecule has 1 aromatic carbocycles. The van der Waals surface area contributed by atoms with Crippen molar-refractivity contribution >= 4 is 11.7 Å². The second-order valence-electron chi connectivity index (χ2n) is 5.84. The first-order valence-corrected chi connectivity index (χ1v) is 7.20. The maximum absolute atomic E-state index is 11.7. The summed E-state index contributed by atoms with van der Waals surface area (Å²) in [4.78, 5) is 17.6. The van der Waals surface area contributed by atoms with Crippen molar-refractivity contribution in [2.45, 2.75) is 24.8 Å². The van der Waals surface area contributed by atoms with Gasteiger partial charge in [0, 0.05) is 25.3 Å². The van der Waals surface area contributed by atoms with E-state index in [-0.39, 0.29) is 6.03 Å². The average molecular weight is 301 g/mol. The van der Waals surface area contributed by atoms with Crippen LogP contribution < -0.4 is 11.1 Å². The molecule has 116 valence electrons. The van der Waals surface area contributed by atoms with Gasteiger partial charge >= 0.3 is 6.03 Å². The van der Waals surface area contributed by atoms with E-state index in [4.69, 9.17) is 10.3 Å². The highest BCUT2D eigenvalue weighted by molar-refractivity contribution is 5.89. The quantitative estimate of drug-likeness (QED) is 0.905. The fourth-order valence-corrected chi connectivity index (χ4v) is 2.29. The van der Waals surface area contributed by atoms with Gasteiger partial charge in [0.05, 0.1) is 5.54 Å². The highest BCUT2D eigenvalue weighted by Crippen LogP contribution is 2.37. The third kappa shape index (κ3) is 2.67. The van der Waals surface area contributed by atoms with Crippen molar-refractivity contribution in [2.75, 3.05) is 19.4 Å². The largest absolute Gasteiger partial charge is 0.334 e. The van der Waals surface area contributed by atoms with E-state index in [1.165, 1.54) is 4.90 Å². The number of anilines is 1. The second-order valence-corrected chi connectivity index (χ2v) is 5.84. The Labute approximate surface area is 128 Å². The molecule has 1 fully saturated rings. The van der Waals surface area contributed by atoms with Crippen molar-refractivity contribution in [2.24, 2.45) is 5.73 Å². The van der Waals surface area contributed by atoms with Gasteiger partial charge in [-0.25, -0.2) is 4.79 Å². The van der Waals surface area contributed by atoms with E-state index in [0.717, 1.165) is 24.8 Å². The molecule has 2 aromatic rings. The Morgan fingerprint density at radius 1 is 1.41 bits per heavy atom. The fourth-order valence-electron chi connectivity index (χ4n) is 2.29. The molecule has 22 heavy (non-hydrogen) atoms. The lowest BCUT2D eigenvalue weighted by Crippen LogP contribution is -2.44. The molecule has 1 aromatic heterocycles. The van der Waals surface area contributed by atoms with Crippen molar-refractivity contribution in [3.05, 3.63) is 30.1 Å².